The molecule has 2 aliphatic rings. The first-order valence-electron chi connectivity index (χ1n) is 10.9. The van der Waals surface area contributed by atoms with Crippen LogP contribution in [0, 0.1) is 0 Å². The van der Waals surface area contributed by atoms with E-state index >= 15 is 0 Å². The quantitative estimate of drug-likeness (QED) is 0.196. The highest BCUT2D eigenvalue weighted by Crippen LogP contribution is 2.36. The second kappa shape index (κ2) is 9.18. The zero-order valence-electron chi connectivity index (χ0n) is 17.2. The van der Waals surface area contributed by atoms with Gasteiger partial charge in [-0.25, -0.2) is 0 Å². The van der Waals surface area contributed by atoms with Crippen molar-refractivity contribution in [3.63, 3.8) is 0 Å². The predicted molar refractivity (Wildman–Crippen MR) is 118 cm³/mol. The number of hydrogen-bond acceptors (Lipinski definition) is 4. The Labute approximate surface area is 176 Å². The second-order valence-electron chi connectivity index (χ2n) is 8.04. The highest BCUT2D eigenvalue weighted by Gasteiger charge is 2.33. The summed E-state index contributed by atoms with van der Waals surface area (Å²) >= 11 is 0. The first-order chi connectivity index (χ1) is 14.7. The minimum absolute atomic E-state index is 0.192. The monoisotopic (exact) mass is 405 g/mol. The van der Waals surface area contributed by atoms with E-state index in [1.807, 2.05) is 30.3 Å². The van der Waals surface area contributed by atoms with Gasteiger partial charge in [-0.05, 0) is 55.8 Å². The summed E-state index contributed by atoms with van der Waals surface area (Å²) in [7, 11) is 0. The molecule has 2 amide bonds. The van der Waals surface area contributed by atoms with E-state index in [2.05, 4.69) is 14.9 Å². The van der Waals surface area contributed by atoms with Gasteiger partial charge in [0.25, 0.3) is 11.8 Å². The predicted octanol–water partition coefficient (Wildman–Crippen LogP) is 5.30. The van der Waals surface area contributed by atoms with Gasteiger partial charge in [-0.1, -0.05) is 30.1 Å². The van der Waals surface area contributed by atoms with Gasteiger partial charge in [0, 0.05) is 58.7 Å². The van der Waals surface area contributed by atoms with Gasteiger partial charge in [-0.3, -0.25) is 14.5 Å². The molecule has 0 radical (unpaired) electrons. The van der Waals surface area contributed by atoms with Gasteiger partial charge < -0.3 is 4.90 Å². The maximum absolute atomic E-state index is 13.1. The molecule has 30 heavy (non-hydrogen) atoms. The Morgan fingerprint density at radius 1 is 0.900 bits per heavy atom. The number of azide groups is 1. The van der Waals surface area contributed by atoms with E-state index in [0.717, 1.165) is 55.2 Å². The summed E-state index contributed by atoms with van der Waals surface area (Å²) in [6.07, 6.45) is 7.01. The highest BCUT2D eigenvalue weighted by atomic mass is 16.2. The zero-order valence-corrected chi connectivity index (χ0v) is 17.2. The van der Waals surface area contributed by atoms with E-state index in [4.69, 9.17) is 5.53 Å². The Bertz CT molecular complexity index is 984. The van der Waals surface area contributed by atoms with Crippen molar-refractivity contribution in [3.05, 3.63) is 51.9 Å². The van der Waals surface area contributed by atoms with Gasteiger partial charge in [0.2, 0.25) is 0 Å². The molecule has 0 atom stereocenters. The lowest BCUT2D eigenvalue weighted by atomic mass is 9.92. The number of anilines is 1. The molecule has 0 saturated carbocycles. The number of rotatable bonds is 8. The molecule has 2 aromatic rings. The van der Waals surface area contributed by atoms with Gasteiger partial charge in [0.1, 0.15) is 0 Å². The molecule has 0 N–H and O–H groups in total. The summed E-state index contributed by atoms with van der Waals surface area (Å²) in [5.74, 6) is -0.383. The molecular formula is C23H27N5O2. The van der Waals surface area contributed by atoms with E-state index in [9.17, 15) is 9.59 Å². The fourth-order valence-electron chi connectivity index (χ4n) is 4.60. The standard InChI is InChI=1S/C23H27N5O2/c24-26-25-13-4-1-2-7-16-28-22(29)18-10-8-9-17-20(27-14-5-3-6-15-27)12-11-19(21(17)18)23(28)30/h8-12H,1-7,13-16H2. The molecule has 4 rings (SSSR count). The maximum atomic E-state index is 13.1. The Hall–Kier alpha value is -3.05. The minimum Gasteiger partial charge on any atom is -0.371 e. The molecule has 0 unspecified atom stereocenters. The van der Waals surface area contributed by atoms with Crippen LogP contribution in [0.4, 0.5) is 5.69 Å². The average Bonchev–Trinajstić information content (AvgIpc) is 2.79. The van der Waals surface area contributed by atoms with Crippen LogP contribution in [-0.2, 0) is 0 Å². The third-order valence-corrected chi connectivity index (χ3v) is 6.12. The van der Waals surface area contributed by atoms with Crippen molar-refractivity contribution in [1.29, 1.82) is 0 Å². The van der Waals surface area contributed by atoms with Crippen molar-refractivity contribution in [2.45, 2.75) is 44.9 Å². The molecule has 156 valence electrons. The molecule has 0 aromatic heterocycles. The maximum Gasteiger partial charge on any atom is 0.261 e. The van der Waals surface area contributed by atoms with Gasteiger partial charge in [-0.15, -0.1) is 0 Å². The number of amides is 2. The third kappa shape index (κ3) is 3.85. The molecule has 1 fully saturated rings. The molecule has 0 bridgehead atoms. The molecule has 2 aliphatic heterocycles. The van der Waals surface area contributed by atoms with E-state index in [1.165, 1.54) is 24.2 Å². The fraction of sp³-hybridized carbons (Fsp3) is 0.478. The van der Waals surface area contributed by atoms with Gasteiger partial charge in [0.15, 0.2) is 0 Å². The molecule has 7 nitrogen and oxygen atoms in total. The normalized spacial score (nSPS) is 16.1. The summed E-state index contributed by atoms with van der Waals surface area (Å²) in [5.41, 5.74) is 10.7. The Balaban J connectivity index is 1.54. The number of carbonyl (C=O) groups excluding carboxylic acids is 2. The van der Waals surface area contributed by atoms with Crippen LogP contribution in [0.15, 0.2) is 35.4 Å². The van der Waals surface area contributed by atoms with Gasteiger partial charge in [-0.2, -0.15) is 0 Å². The first kappa shape index (κ1) is 20.2. The topological polar surface area (TPSA) is 89.4 Å². The lowest BCUT2D eigenvalue weighted by Crippen LogP contribution is -2.41. The van der Waals surface area contributed by atoms with Crippen LogP contribution >= 0.6 is 0 Å². The second-order valence-corrected chi connectivity index (χ2v) is 8.04. The number of unbranched alkanes of at least 4 members (excludes halogenated alkanes) is 3. The average molecular weight is 406 g/mol. The molecule has 1 saturated heterocycles. The molecule has 2 heterocycles. The minimum atomic E-state index is -0.192. The van der Waals surface area contributed by atoms with Crippen molar-refractivity contribution in [2.75, 3.05) is 31.1 Å². The number of carbonyl (C=O) groups is 2. The zero-order chi connectivity index (χ0) is 20.9. The van der Waals surface area contributed by atoms with Crippen LogP contribution in [0.1, 0.15) is 65.7 Å². The van der Waals surface area contributed by atoms with Crippen molar-refractivity contribution >= 4 is 28.3 Å². The third-order valence-electron chi connectivity index (χ3n) is 6.12. The fourth-order valence-corrected chi connectivity index (χ4v) is 4.60. The lowest BCUT2D eigenvalue weighted by Gasteiger charge is -2.32. The first-order valence-corrected chi connectivity index (χ1v) is 10.9. The molecule has 7 heteroatoms. The van der Waals surface area contributed by atoms with E-state index in [1.54, 1.807) is 0 Å². The number of nitrogens with zero attached hydrogens (tertiary/aromatic N) is 5. The summed E-state index contributed by atoms with van der Waals surface area (Å²) in [5, 5.41) is 5.34. The van der Waals surface area contributed by atoms with Crippen LogP contribution in [0.2, 0.25) is 0 Å². The summed E-state index contributed by atoms with van der Waals surface area (Å²) in [4.78, 5) is 32.8. The van der Waals surface area contributed by atoms with Crippen LogP contribution < -0.4 is 4.90 Å². The largest absolute Gasteiger partial charge is 0.371 e. The Kier molecular flexibility index (Phi) is 6.19. The lowest BCUT2D eigenvalue weighted by molar-refractivity contribution is 0.0608. The van der Waals surface area contributed by atoms with Crippen LogP contribution in [0.5, 0.6) is 0 Å². The van der Waals surface area contributed by atoms with Crippen molar-refractivity contribution < 1.29 is 9.59 Å². The van der Waals surface area contributed by atoms with Crippen molar-refractivity contribution in [2.24, 2.45) is 5.11 Å². The van der Waals surface area contributed by atoms with E-state index in [0.29, 0.717) is 24.2 Å². The molecular weight excluding hydrogens is 378 g/mol. The van der Waals surface area contributed by atoms with E-state index < -0.39 is 0 Å². The molecule has 2 aromatic carbocycles. The summed E-state index contributed by atoms with van der Waals surface area (Å²) in [6, 6.07) is 9.75. The van der Waals surface area contributed by atoms with Gasteiger partial charge in [0.05, 0.1) is 0 Å². The number of piperidine rings is 1. The Morgan fingerprint density at radius 2 is 1.63 bits per heavy atom. The smallest absolute Gasteiger partial charge is 0.261 e. The molecule has 0 aliphatic carbocycles. The van der Waals surface area contributed by atoms with Crippen LogP contribution in [-0.4, -0.2) is 42.9 Å². The number of imide groups is 1. The summed E-state index contributed by atoms with van der Waals surface area (Å²) in [6.45, 7) is 2.95. The SMILES string of the molecule is [N-]=[N+]=NCCCCCCN1C(=O)c2cccc3c(N4CCCCC4)ccc(c23)C1=O. The van der Waals surface area contributed by atoms with E-state index in [-0.39, 0.29) is 11.8 Å². The van der Waals surface area contributed by atoms with Crippen LogP contribution in [0.25, 0.3) is 21.2 Å². The van der Waals surface area contributed by atoms with Crippen molar-refractivity contribution in [1.82, 2.24) is 4.90 Å². The van der Waals surface area contributed by atoms with Crippen molar-refractivity contribution in [3.8, 4) is 0 Å². The molecule has 0 spiro atoms. The van der Waals surface area contributed by atoms with Crippen LogP contribution in [0.3, 0.4) is 0 Å². The Morgan fingerprint density at radius 3 is 2.40 bits per heavy atom. The summed E-state index contributed by atoms with van der Waals surface area (Å²) < 4.78 is 0. The highest BCUT2D eigenvalue weighted by molar-refractivity contribution is 6.26. The number of hydrogen-bond donors (Lipinski definition) is 0. The number of benzene rings is 2. The van der Waals surface area contributed by atoms with Gasteiger partial charge >= 0.3 is 0 Å².